The third-order valence-corrected chi connectivity index (χ3v) is 3.33. The summed E-state index contributed by atoms with van der Waals surface area (Å²) >= 11 is 6.02. The maximum Gasteiger partial charge on any atom is 0.181 e. The number of Topliss-reactive ketones (excluding diaryl/α,β-unsaturated/α-hetero) is 1. The second-order valence-corrected chi connectivity index (χ2v) is 4.71. The molecule has 1 N–H and O–H groups in total. The van der Waals surface area contributed by atoms with Crippen molar-refractivity contribution in [3.05, 3.63) is 64.7 Å². The monoisotopic (exact) mass is 273 g/mol. The van der Waals surface area contributed by atoms with Crippen LogP contribution in [0.15, 0.2) is 48.5 Å². The number of rotatable bonds is 5. The molecule has 0 radical (unpaired) electrons. The minimum Gasteiger partial charge on any atom is -0.376 e. The predicted octanol–water partition coefficient (Wildman–Crippen LogP) is 4.20. The number of benzene rings is 2. The topological polar surface area (TPSA) is 29.1 Å². The van der Waals surface area contributed by atoms with E-state index in [1.165, 1.54) is 5.56 Å². The highest BCUT2D eigenvalue weighted by Gasteiger charge is 2.06. The fourth-order valence-electron chi connectivity index (χ4n) is 1.81. The van der Waals surface area contributed by atoms with Crippen LogP contribution in [0.3, 0.4) is 0 Å². The molecule has 0 bridgehead atoms. The molecule has 0 aromatic heterocycles. The first kappa shape index (κ1) is 13.6. The number of nitrogens with one attached hydrogen (secondary N) is 1. The molecule has 2 aromatic carbocycles. The van der Waals surface area contributed by atoms with Crippen molar-refractivity contribution in [1.82, 2.24) is 0 Å². The van der Waals surface area contributed by atoms with E-state index in [9.17, 15) is 4.79 Å². The minimum absolute atomic E-state index is 0.0579. The Bertz CT molecular complexity index is 563. The molecular weight excluding hydrogens is 258 g/mol. The van der Waals surface area contributed by atoms with Gasteiger partial charge in [-0.25, -0.2) is 0 Å². The summed E-state index contributed by atoms with van der Waals surface area (Å²) in [6.07, 6.45) is 0.979. The zero-order valence-corrected chi connectivity index (χ0v) is 11.6. The quantitative estimate of drug-likeness (QED) is 0.828. The van der Waals surface area contributed by atoms with E-state index >= 15 is 0 Å². The zero-order chi connectivity index (χ0) is 13.7. The lowest BCUT2D eigenvalue weighted by Gasteiger charge is -2.07. The lowest BCUT2D eigenvalue weighted by molar-refractivity contribution is 0.101. The number of carbonyl (C=O) groups is 1. The van der Waals surface area contributed by atoms with Crippen LogP contribution in [0.2, 0.25) is 5.02 Å². The van der Waals surface area contributed by atoms with Gasteiger partial charge in [-0.15, -0.1) is 0 Å². The highest BCUT2D eigenvalue weighted by molar-refractivity contribution is 6.33. The number of carbonyl (C=O) groups excluding carboxylic acids is 1. The average Bonchev–Trinajstić information content (AvgIpc) is 2.46. The van der Waals surface area contributed by atoms with E-state index in [0.717, 1.165) is 17.7 Å². The molecule has 0 saturated heterocycles. The molecule has 0 atom stereocenters. The summed E-state index contributed by atoms with van der Waals surface area (Å²) in [6, 6.07) is 15.1. The minimum atomic E-state index is 0.0579. The molecular formula is C16H16ClNO. The van der Waals surface area contributed by atoms with E-state index < -0.39 is 0 Å². The molecule has 0 aliphatic heterocycles. The number of halogens is 1. The summed E-state index contributed by atoms with van der Waals surface area (Å²) < 4.78 is 0. The first-order chi connectivity index (χ1) is 9.20. The maximum absolute atomic E-state index is 12.0. The van der Waals surface area contributed by atoms with E-state index in [1.54, 1.807) is 6.07 Å². The van der Waals surface area contributed by atoms with Gasteiger partial charge in [-0.1, -0.05) is 54.9 Å². The maximum atomic E-state index is 12.0. The third-order valence-electron chi connectivity index (χ3n) is 3.00. The first-order valence-electron chi connectivity index (χ1n) is 6.31. The fourth-order valence-corrected chi connectivity index (χ4v) is 2.01. The summed E-state index contributed by atoms with van der Waals surface area (Å²) in [6.45, 7) is 2.34. The fraction of sp³-hybridized carbons (Fsp3) is 0.188. The van der Waals surface area contributed by atoms with Gasteiger partial charge < -0.3 is 5.32 Å². The SMILES string of the molecule is CCc1ccc(C(=O)CNc2ccccc2Cl)cc1. The van der Waals surface area contributed by atoms with Crippen molar-refractivity contribution < 1.29 is 4.79 Å². The van der Waals surface area contributed by atoms with Crippen molar-refractivity contribution in [2.45, 2.75) is 13.3 Å². The average molecular weight is 274 g/mol. The second kappa shape index (κ2) is 6.39. The number of ketones is 1. The summed E-state index contributed by atoms with van der Waals surface area (Å²) in [5, 5.41) is 3.68. The van der Waals surface area contributed by atoms with E-state index in [4.69, 9.17) is 11.6 Å². The Morgan fingerprint density at radius 1 is 1.11 bits per heavy atom. The van der Waals surface area contributed by atoms with Crippen LogP contribution < -0.4 is 5.32 Å². The molecule has 2 aromatic rings. The third kappa shape index (κ3) is 3.58. The summed E-state index contributed by atoms with van der Waals surface area (Å²) in [7, 11) is 0. The Balaban J connectivity index is 1.99. The molecule has 0 amide bonds. The van der Waals surface area contributed by atoms with Crippen molar-refractivity contribution in [2.75, 3.05) is 11.9 Å². The van der Waals surface area contributed by atoms with Gasteiger partial charge in [0.2, 0.25) is 0 Å². The Morgan fingerprint density at radius 2 is 1.79 bits per heavy atom. The molecule has 0 saturated carbocycles. The molecule has 0 aliphatic rings. The molecule has 19 heavy (non-hydrogen) atoms. The van der Waals surface area contributed by atoms with Crippen molar-refractivity contribution >= 4 is 23.1 Å². The molecule has 0 spiro atoms. The van der Waals surface area contributed by atoms with Crippen molar-refractivity contribution in [3.63, 3.8) is 0 Å². The van der Waals surface area contributed by atoms with Crippen molar-refractivity contribution in [1.29, 1.82) is 0 Å². The first-order valence-corrected chi connectivity index (χ1v) is 6.69. The Hall–Kier alpha value is -1.80. The standard InChI is InChI=1S/C16H16ClNO/c1-2-12-7-9-13(10-8-12)16(19)11-18-15-6-4-3-5-14(15)17/h3-10,18H,2,11H2,1H3. The highest BCUT2D eigenvalue weighted by Crippen LogP contribution is 2.20. The van der Waals surface area contributed by atoms with Crippen molar-refractivity contribution in [3.8, 4) is 0 Å². The lowest BCUT2D eigenvalue weighted by Crippen LogP contribution is -2.14. The highest BCUT2D eigenvalue weighted by atomic mass is 35.5. The van der Waals surface area contributed by atoms with Crippen LogP contribution in [0.1, 0.15) is 22.8 Å². The second-order valence-electron chi connectivity index (χ2n) is 4.31. The van der Waals surface area contributed by atoms with Crippen LogP contribution in [0.25, 0.3) is 0 Å². The largest absolute Gasteiger partial charge is 0.376 e. The molecule has 0 unspecified atom stereocenters. The summed E-state index contributed by atoms with van der Waals surface area (Å²) in [5.74, 6) is 0.0579. The molecule has 3 heteroatoms. The number of hydrogen-bond acceptors (Lipinski definition) is 2. The van der Waals surface area contributed by atoms with Gasteiger partial charge in [0.15, 0.2) is 5.78 Å². The molecule has 98 valence electrons. The summed E-state index contributed by atoms with van der Waals surface area (Å²) in [4.78, 5) is 12.0. The van der Waals surface area contributed by atoms with Gasteiger partial charge in [-0.05, 0) is 24.1 Å². The van der Waals surface area contributed by atoms with Gasteiger partial charge in [-0.3, -0.25) is 4.79 Å². The number of aryl methyl sites for hydroxylation is 1. The Kier molecular flexibility index (Phi) is 4.58. The normalized spacial score (nSPS) is 10.2. The smallest absolute Gasteiger partial charge is 0.181 e. The molecule has 2 nitrogen and oxygen atoms in total. The molecule has 0 aliphatic carbocycles. The van der Waals surface area contributed by atoms with Gasteiger partial charge in [0.1, 0.15) is 0 Å². The number of para-hydroxylation sites is 1. The summed E-state index contributed by atoms with van der Waals surface area (Å²) in [5.41, 5.74) is 2.73. The van der Waals surface area contributed by atoms with E-state index in [1.807, 2.05) is 42.5 Å². The predicted molar refractivity (Wildman–Crippen MR) is 80.1 cm³/mol. The van der Waals surface area contributed by atoms with E-state index in [-0.39, 0.29) is 12.3 Å². The van der Waals surface area contributed by atoms with Crippen LogP contribution in [0, 0.1) is 0 Å². The van der Waals surface area contributed by atoms with E-state index in [0.29, 0.717) is 5.02 Å². The van der Waals surface area contributed by atoms with Crippen molar-refractivity contribution in [2.24, 2.45) is 0 Å². The van der Waals surface area contributed by atoms with Crippen LogP contribution in [0.5, 0.6) is 0 Å². The number of anilines is 1. The van der Waals surface area contributed by atoms with Gasteiger partial charge >= 0.3 is 0 Å². The van der Waals surface area contributed by atoms with Gasteiger partial charge in [0.05, 0.1) is 17.3 Å². The van der Waals surface area contributed by atoms with Gasteiger partial charge in [0, 0.05) is 5.56 Å². The van der Waals surface area contributed by atoms with Gasteiger partial charge in [-0.2, -0.15) is 0 Å². The number of hydrogen-bond donors (Lipinski definition) is 1. The Labute approximate surface area is 118 Å². The molecule has 2 rings (SSSR count). The molecule has 0 heterocycles. The lowest BCUT2D eigenvalue weighted by atomic mass is 10.1. The Morgan fingerprint density at radius 3 is 2.42 bits per heavy atom. The van der Waals surface area contributed by atoms with Crippen LogP contribution in [0.4, 0.5) is 5.69 Å². The van der Waals surface area contributed by atoms with Gasteiger partial charge in [0.25, 0.3) is 0 Å². The van der Waals surface area contributed by atoms with Crippen LogP contribution in [-0.4, -0.2) is 12.3 Å². The van der Waals surface area contributed by atoms with Crippen LogP contribution >= 0.6 is 11.6 Å². The van der Waals surface area contributed by atoms with E-state index in [2.05, 4.69) is 12.2 Å². The molecule has 0 fully saturated rings. The zero-order valence-electron chi connectivity index (χ0n) is 10.8. The van der Waals surface area contributed by atoms with Crippen LogP contribution in [-0.2, 0) is 6.42 Å².